The largest absolute Gasteiger partial charge is 0.363 e. The van der Waals surface area contributed by atoms with Crippen LogP contribution >= 0.6 is 0 Å². The van der Waals surface area contributed by atoms with Crippen LogP contribution in [0.5, 0.6) is 0 Å². The van der Waals surface area contributed by atoms with Gasteiger partial charge in [0, 0.05) is 30.3 Å². The first-order valence-electron chi connectivity index (χ1n) is 6.86. The van der Waals surface area contributed by atoms with Crippen molar-refractivity contribution < 1.29 is 19.0 Å². The van der Waals surface area contributed by atoms with Crippen molar-refractivity contribution >= 4 is 23.3 Å². The molecule has 0 bridgehead atoms. The van der Waals surface area contributed by atoms with Gasteiger partial charge in [0.05, 0.1) is 4.92 Å². The minimum Gasteiger partial charge on any atom is -0.363 e. The Hall–Kier alpha value is -3.49. The summed E-state index contributed by atoms with van der Waals surface area (Å²) < 4.78 is 4.60. The molecule has 9 nitrogen and oxygen atoms in total. The van der Waals surface area contributed by atoms with Crippen molar-refractivity contribution in [1.29, 1.82) is 0 Å². The van der Waals surface area contributed by atoms with Gasteiger partial charge >= 0.3 is 0 Å². The number of hydrogen-bond donors (Lipinski definition) is 1. The number of aromatic nitrogens is 1. The third kappa shape index (κ3) is 4.26. The number of carbonyl (C=O) groups is 2. The maximum Gasteiger partial charge on any atom is 0.269 e. The molecule has 0 spiro atoms. The number of carbonyl (C=O) groups excluding carboxylic acids is 2. The minimum absolute atomic E-state index is 0.120. The summed E-state index contributed by atoms with van der Waals surface area (Å²) in [5, 5.41) is 16.7. The van der Waals surface area contributed by atoms with Gasteiger partial charge in [-0.2, -0.15) is 0 Å². The Kier molecular flexibility index (Phi) is 5.40. The zero-order chi connectivity index (χ0) is 17.5. The number of nitro groups is 1. The minimum atomic E-state index is -0.554. The highest BCUT2D eigenvalue weighted by Gasteiger charge is 2.19. The maximum atomic E-state index is 12.4. The molecule has 0 aliphatic rings. The van der Waals surface area contributed by atoms with Crippen LogP contribution in [-0.4, -0.2) is 39.9 Å². The highest BCUT2D eigenvalue weighted by atomic mass is 16.6. The summed E-state index contributed by atoms with van der Waals surface area (Å²) in [6.07, 6.45) is 2.78. The quantitative estimate of drug-likeness (QED) is 0.470. The Labute approximate surface area is 136 Å². The highest BCUT2D eigenvalue weighted by Crippen LogP contribution is 2.14. The van der Waals surface area contributed by atoms with Gasteiger partial charge in [0.2, 0.25) is 5.91 Å². The standard InChI is InChI=1S/C15H14N4O5/c1-2-8-18(10-14(20)16-13-7-9-24-17-13)15(21)11-3-5-12(6-4-11)19(22)23/h2-7,9H,1,8,10H2,(H,16,17,20). The van der Waals surface area contributed by atoms with Crippen LogP contribution in [0.25, 0.3) is 0 Å². The summed E-state index contributed by atoms with van der Waals surface area (Å²) in [6, 6.07) is 6.61. The van der Waals surface area contributed by atoms with Crippen LogP contribution in [0.4, 0.5) is 11.5 Å². The Morgan fingerprint density at radius 3 is 2.58 bits per heavy atom. The van der Waals surface area contributed by atoms with Crippen molar-refractivity contribution in [3.63, 3.8) is 0 Å². The van der Waals surface area contributed by atoms with Crippen LogP contribution in [0.1, 0.15) is 10.4 Å². The third-order valence-electron chi connectivity index (χ3n) is 3.00. The van der Waals surface area contributed by atoms with Crippen molar-refractivity contribution in [3.8, 4) is 0 Å². The molecule has 0 radical (unpaired) electrons. The van der Waals surface area contributed by atoms with Gasteiger partial charge in [-0.25, -0.2) is 0 Å². The summed E-state index contributed by atoms with van der Waals surface area (Å²) in [6.45, 7) is 3.47. The van der Waals surface area contributed by atoms with Crippen molar-refractivity contribution in [1.82, 2.24) is 10.1 Å². The van der Waals surface area contributed by atoms with Crippen LogP contribution in [0.15, 0.2) is 53.8 Å². The molecule has 1 aromatic carbocycles. The first-order valence-corrected chi connectivity index (χ1v) is 6.86. The van der Waals surface area contributed by atoms with E-state index in [-0.39, 0.29) is 30.2 Å². The van der Waals surface area contributed by atoms with Crippen LogP contribution in [-0.2, 0) is 4.79 Å². The molecule has 0 saturated heterocycles. The van der Waals surface area contributed by atoms with Gasteiger partial charge in [0.1, 0.15) is 12.8 Å². The molecule has 2 amide bonds. The fourth-order valence-corrected chi connectivity index (χ4v) is 1.92. The molecule has 1 N–H and O–H groups in total. The van der Waals surface area contributed by atoms with Crippen molar-refractivity contribution in [2.75, 3.05) is 18.4 Å². The second-order valence-electron chi connectivity index (χ2n) is 4.71. The van der Waals surface area contributed by atoms with Gasteiger partial charge in [-0.1, -0.05) is 11.2 Å². The number of anilines is 1. The van der Waals surface area contributed by atoms with Gasteiger partial charge in [0.15, 0.2) is 5.82 Å². The lowest BCUT2D eigenvalue weighted by atomic mass is 10.2. The molecule has 0 saturated carbocycles. The predicted molar refractivity (Wildman–Crippen MR) is 84.3 cm³/mol. The number of amides is 2. The van der Waals surface area contributed by atoms with E-state index in [1.54, 1.807) is 0 Å². The number of non-ortho nitro benzene ring substituents is 1. The molecule has 1 aromatic heterocycles. The lowest BCUT2D eigenvalue weighted by Gasteiger charge is -2.20. The summed E-state index contributed by atoms with van der Waals surface area (Å²) in [4.78, 5) is 35.8. The van der Waals surface area contributed by atoms with E-state index < -0.39 is 16.7 Å². The molecule has 2 aromatic rings. The monoisotopic (exact) mass is 330 g/mol. The zero-order valence-corrected chi connectivity index (χ0v) is 12.5. The molecular formula is C15H14N4O5. The summed E-state index contributed by atoms with van der Waals surface area (Å²) >= 11 is 0. The number of nitrogens with one attached hydrogen (secondary N) is 1. The Morgan fingerprint density at radius 1 is 1.33 bits per heavy atom. The predicted octanol–water partition coefficient (Wildman–Crippen LogP) is 1.85. The van der Waals surface area contributed by atoms with Crippen LogP contribution < -0.4 is 5.32 Å². The third-order valence-corrected chi connectivity index (χ3v) is 3.00. The molecule has 9 heteroatoms. The molecule has 0 atom stereocenters. The molecule has 0 fully saturated rings. The van der Waals surface area contributed by atoms with E-state index >= 15 is 0 Å². The SMILES string of the molecule is C=CCN(CC(=O)Nc1ccon1)C(=O)c1ccc([N+](=O)[O-])cc1. The van der Waals surface area contributed by atoms with E-state index in [2.05, 4.69) is 21.6 Å². The van der Waals surface area contributed by atoms with E-state index in [1.165, 1.54) is 47.6 Å². The Morgan fingerprint density at radius 2 is 2.04 bits per heavy atom. The van der Waals surface area contributed by atoms with Crippen LogP contribution in [0.3, 0.4) is 0 Å². The summed E-state index contributed by atoms with van der Waals surface area (Å²) in [5.41, 5.74) is 0.113. The summed E-state index contributed by atoms with van der Waals surface area (Å²) in [5.74, 6) is -0.664. The lowest BCUT2D eigenvalue weighted by Crippen LogP contribution is -2.38. The van der Waals surface area contributed by atoms with E-state index in [0.717, 1.165) is 0 Å². The zero-order valence-electron chi connectivity index (χ0n) is 12.5. The lowest BCUT2D eigenvalue weighted by molar-refractivity contribution is -0.384. The van der Waals surface area contributed by atoms with Crippen molar-refractivity contribution in [2.24, 2.45) is 0 Å². The molecule has 124 valence electrons. The van der Waals surface area contributed by atoms with E-state index in [1.807, 2.05) is 0 Å². The second-order valence-corrected chi connectivity index (χ2v) is 4.71. The van der Waals surface area contributed by atoms with E-state index in [9.17, 15) is 19.7 Å². The molecule has 0 aliphatic carbocycles. The second kappa shape index (κ2) is 7.68. The summed E-state index contributed by atoms with van der Waals surface area (Å²) in [7, 11) is 0. The number of rotatable bonds is 7. The average molecular weight is 330 g/mol. The van der Waals surface area contributed by atoms with Crippen molar-refractivity contribution in [3.05, 3.63) is 64.9 Å². The average Bonchev–Trinajstić information content (AvgIpc) is 3.06. The van der Waals surface area contributed by atoms with Gasteiger partial charge in [-0.3, -0.25) is 19.7 Å². The van der Waals surface area contributed by atoms with Crippen LogP contribution in [0, 0.1) is 10.1 Å². The topological polar surface area (TPSA) is 119 Å². The van der Waals surface area contributed by atoms with E-state index in [4.69, 9.17) is 0 Å². The van der Waals surface area contributed by atoms with Gasteiger partial charge < -0.3 is 14.7 Å². The first-order chi connectivity index (χ1) is 11.5. The number of benzene rings is 1. The molecule has 0 unspecified atom stereocenters. The Balaban J connectivity index is 2.07. The molecule has 1 heterocycles. The molecule has 0 aliphatic heterocycles. The number of hydrogen-bond acceptors (Lipinski definition) is 6. The van der Waals surface area contributed by atoms with Crippen LogP contribution in [0.2, 0.25) is 0 Å². The van der Waals surface area contributed by atoms with E-state index in [0.29, 0.717) is 0 Å². The highest BCUT2D eigenvalue weighted by molar-refractivity contribution is 5.99. The van der Waals surface area contributed by atoms with Gasteiger partial charge in [0.25, 0.3) is 11.6 Å². The molecular weight excluding hydrogens is 316 g/mol. The maximum absolute atomic E-state index is 12.4. The molecule has 24 heavy (non-hydrogen) atoms. The van der Waals surface area contributed by atoms with Crippen molar-refractivity contribution in [2.45, 2.75) is 0 Å². The van der Waals surface area contributed by atoms with Gasteiger partial charge in [-0.05, 0) is 12.1 Å². The first kappa shape index (κ1) is 16.9. The van der Waals surface area contributed by atoms with Gasteiger partial charge in [-0.15, -0.1) is 6.58 Å². The Bertz CT molecular complexity index is 740. The molecule has 2 rings (SSSR count). The fraction of sp³-hybridized carbons (Fsp3) is 0.133. The number of nitrogens with zero attached hydrogens (tertiary/aromatic N) is 3. The fourth-order valence-electron chi connectivity index (χ4n) is 1.92. The smallest absolute Gasteiger partial charge is 0.269 e. The number of nitro benzene ring substituents is 1. The normalized spacial score (nSPS) is 10.0.